The Bertz CT molecular complexity index is 225. The number of hydrogen-bond acceptors (Lipinski definition) is 0. The van der Waals surface area contributed by atoms with Gasteiger partial charge >= 0.3 is 0 Å². The minimum absolute atomic E-state index is 0.614. The first-order valence-electron chi connectivity index (χ1n) is 2.83. The van der Waals surface area contributed by atoms with E-state index in [-0.39, 0.29) is 0 Å². The van der Waals surface area contributed by atoms with Gasteiger partial charge in [-0.25, -0.2) is 0 Å². The van der Waals surface area contributed by atoms with Crippen LogP contribution in [0.3, 0.4) is 0 Å². The maximum Gasteiger partial charge on any atom is 0.0367 e. The second-order valence-corrected chi connectivity index (χ2v) is 5.26. The molecule has 4 heteroatoms. The molecule has 0 unspecified atom stereocenters. The highest BCUT2D eigenvalue weighted by Gasteiger charge is 2.13. The van der Waals surface area contributed by atoms with E-state index in [4.69, 9.17) is 13.8 Å². The Morgan fingerprint density at radius 1 is 0.583 bits per heavy atom. The molecular formula is C8H2Br4. The van der Waals surface area contributed by atoms with E-state index in [1.165, 1.54) is 0 Å². The van der Waals surface area contributed by atoms with Crippen LogP contribution in [0.25, 0.3) is 0 Å². The van der Waals surface area contributed by atoms with E-state index < -0.39 is 0 Å². The maximum absolute atomic E-state index is 5.74. The standard InChI is InChI=1S/C8H2Br4/c1-3-5(9)7(11)4(2)8(12)6(3)10/h1-2H. The van der Waals surface area contributed by atoms with Gasteiger partial charge in [0.25, 0.3) is 0 Å². The van der Waals surface area contributed by atoms with Gasteiger partial charge in [0.15, 0.2) is 0 Å². The van der Waals surface area contributed by atoms with Crippen LogP contribution in [0.4, 0.5) is 0 Å². The van der Waals surface area contributed by atoms with Gasteiger partial charge in [0, 0.05) is 31.7 Å². The highest BCUT2D eigenvalue weighted by atomic mass is 79.9. The Morgan fingerprint density at radius 3 is 0.917 bits per heavy atom. The van der Waals surface area contributed by atoms with Gasteiger partial charge in [-0.3, -0.25) is 0 Å². The zero-order chi connectivity index (χ0) is 9.46. The molecule has 0 amide bonds. The summed E-state index contributed by atoms with van der Waals surface area (Å²) in [5.41, 5.74) is 1.23. The van der Waals surface area contributed by atoms with Crippen molar-refractivity contribution in [3.8, 4) is 0 Å². The van der Waals surface area contributed by atoms with E-state index in [1.54, 1.807) is 0 Å². The van der Waals surface area contributed by atoms with Gasteiger partial charge in [-0.1, -0.05) is 0 Å². The third-order valence-corrected chi connectivity index (χ3v) is 5.69. The molecule has 62 valence electrons. The van der Waals surface area contributed by atoms with E-state index in [1.807, 2.05) is 0 Å². The first-order valence-corrected chi connectivity index (χ1v) is 6.01. The molecule has 12 heavy (non-hydrogen) atoms. The number of benzene rings is 1. The van der Waals surface area contributed by atoms with Crippen LogP contribution in [0.15, 0.2) is 17.9 Å². The van der Waals surface area contributed by atoms with Crippen LogP contribution < -0.4 is 0 Å². The van der Waals surface area contributed by atoms with E-state index in [9.17, 15) is 0 Å². The first-order chi connectivity index (χ1) is 5.46. The largest absolute Gasteiger partial charge is 0.0492 e. The van der Waals surface area contributed by atoms with E-state index >= 15 is 0 Å². The Morgan fingerprint density at radius 2 is 0.750 bits per heavy atom. The van der Waals surface area contributed by atoms with E-state index in [2.05, 4.69) is 63.7 Å². The number of rotatable bonds is 0. The molecule has 0 aliphatic carbocycles. The molecule has 1 aromatic rings. The molecule has 4 radical (unpaired) electrons. The van der Waals surface area contributed by atoms with Crippen molar-refractivity contribution in [3.05, 3.63) is 42.9 Å². The minimum Gasteiger partial charge on any atom is -0.0492 e. The van der Waals surface area contributed by atoms with Crippen molar-refractivity contribution < 1.29 is 0 Å². The van der Waals surface area contributed by atoms with Crippen LogP contribution in [-0.4, -0.2) is 0 Å². The zero-order valence-electron chi connectivity index (χ0n) is 5.67. The van der Waals surface area contributed by atoms with Crippen LogP contribution in [0.1, 0.15) is 11.1 Å². The molecule has 0 aliphatic heterocycles. The highest BCUT2D eigenvalue weighted by molar-refractivity contribution is 9.14. The van der Waals surface area contributed by atoms with Crippen LogP contribution in [0, 0.1) is 13.8 Å². The summed E-state index contributed by atoms with van der Waals surface area (Å²) in [6.07, 6.45) is 0. The molecule has 0 heterocycles. The fraction of sp³-hybridized carbons (Fsp3) is 0. The Balaban J connectivity index is 3.60. The molecule has 0 atom stereocenters. The molecule has 1 aromatic carbocycles. The first kappa shape index (κ1) is 11.2. The van der Waals surface area contributed by atoms with Gasteiger partial charge in [0.05, 0.1) is 0 Å². The van der Waals surface area contributed by atoms with Crippen molar-refractivity contribution in [1.82, 2.24) is 0 Å². The second-order valence-electron chi connectivity index (χ2n) is 2.08. The summed E-state index contributed by atoms with van der Waals surface area (Å²) in [7, 11) is 0. The van der Waals surface area contributed by atoms with Crippen molar-refractivity contribution >= 4 is 63.7 Å². The molecule has 0 aliphatic rings. The lowest BCUT2D eigenvalue weighted by Crippen LogP contribution is -1.87. The SMILES string of the molecule is [CH]c1c(Br)c(Br)c([CH])c(Br)c1Br. The zero-order valence-corrected chi connectivity index (χ0v) is 12.0. The van der Waals surface area contributed by atoms with Gasteiger partial charge in [-0.2, -0.15) is 0 Å². The molecule has 0 saturated heterocycles. The van der Waals surface area contributed by atoms with Crippen molar-refractivity contribution in [2.75, 3.05) is 0 Å². The third-order valence-electron chi connectivity index (χ3n) is 1.33. The van der Waals surface area contributed by atoms with Gasteiger partial charge < -0.3 is 0 Å². The molecule has 1 rings (SSSR count). The molecule has 0 N–H and O–H groups in total. The minimum atomic E-state index is 0.614. The molecule has 0 nitrogen and oxygen atoms in total. The average Bonchev–Trinajstić information content (AvgIpc) is 2.08. The Hall–Kier alpha value is 1.14. The van der Waals surface area contributed by atoms with Crippen LogP contribution >= 0.6 is 63.7 Å². The van der Waals surface area contributed by atoms with Gasteiger partial charge in [-0.15, -0.1) is 0 Å². The smallest absolute Gasteiger partial charge is 0.0367 e. The summed E-state index contributed by atoms with van der Waals surface area (Å²) < 4.78 is 3.04. The monoisotopic (exact) mass is 414 g/mol. The lowest BCUT2D eigenvalue weighted by Gasteiger charge is -2.10. The predicted octanol–water partition coefficient (Wildman–Crippen LogP) is 4.85. The lowest BCUT2D eigenvalue weighted by atomic mass is 10.2. The fourth-order valence-corrected chi connectivity index (χ4v) is 2.85. The quantitative estimate of drug-likeness (QED) is 0.529. The second kappa shape index (κ2) is 4.11. The summed E-state index contributed by atoms with van der Waals surface area (Å²) in [6.45, 7) is 11.5. The van der Waals surface area contributed by atoms with Gasteiger partial charge in [0.1, 0.15) is 0 Å². The highest BCUT2D eigenvalue weighted by Crippen LogP contribution is 2.40. The summed E-state index contributed by atoms with van der Waals surface area (Å²) in [6, 6.07) is 0. The Kier molecular flexibility index (Phi) is 3.84. The van der Waals surface area contributed by atoms with Crippen LogP contribution in [-0.2, 0) is 0 Å². The number of hydrogen-bond donors (Lipinski definition) is 0. The normalized spacial score (nSPS) is 10.5. The van der Waals surface area contributed by atoms with Gasteiger partial charge in [0.2, 0.25) is 0 Å². The predicted molar refractivity (Wildman–Crippen MR) is 64.0 cm³/mol. The van der Waals surface area contributed by atoms with Crippen LogP contribution in [0.2, 0.25) is 0 Å². The molecule has 0 bridgehead atoms. The summed E-state index contributed by atoms with van der Waals surface area (Å²) in [5.74, 6) is 0. The molecule has 0 aromatic heterocycles. The van der Waals surface area contributed by atoms with E-state index in [0.29, 0.717) is 11.1 Å². The maximum atomic E-state index is 5.74. The molecular weight excluding hydrogens is 416 g/mol. The van der Waals surface area contributed by atoms with Crippen molar-refractivity contribution in [3.63, 3.8) is 0 Å². The topological polar surface area (TPSA) is 0 Å². The summed E-state index contributed by atoms with van der Waals surface area (Å²) in [4.78, 5) is 0. The lowest BCUT2D eigenvalue weighted by molar-refractivity contribution is 1.39. The van der Waals surface area contributed by atoms with Crippen molar-refractivity contribution in [2.45, 2.75) is 0 Å². The van der Waals surface area contributed by atoms with E-state index in [0.717, 1.165) is 17.9 Å². The number of halogens is 4. The summed E-state index contributed by atoms with van der Waals surface area (Å²) in [5, 5.41) is 0. The summed E-state index contributed by atoms with van der Waals surface area (Å²) >= 11 is 13.2. The third kappa shape index (κ3) is 1.81. The fourth-order valence-electron chi connectivity index (χ4n) is 0.666. The van der Waals surface area contributed by atoms with Crippen molar-refractivity contribution in [2.24, 2.45) is 0 Å². The molecule has 0 fully saturated rings. The molecule has 0 spiro atoms. The average molecular weight is 418 g/mol. The van der Waals surface area contributed by atoms with Crippen LogP contribution in [0.5, 0.6) is 0 Å². The van der Waals surface area contributed by atoms with Crippen molar-refractivity contribution in [1.29, 1.82) is 0 Å². The Labute approximate surface area is 106 Å². The van der Waals surface area contributed by atoms with Gasteiger partial charge in [-0.05, 0) is 74.8 Å². The molecule has 0 saturated carbocycles.